The molecule has 1 aromatic heterocycles. The van der Waals surface area contributed by atoms with Gasteiger partial charge in [0, 0.05) is 6.54 Å². The molecule has 0 aliphatic rings. The molecule has 0 saturated carbocycles. The number of hydrogen-bond donors (Lipinski definition) is 2. The minimum atomic E-state index is -5.25. The molecule has 1 rings (SSSR count). The van der Waals surface area contributed by atoms with Crippen LogP contribution in [0.25, 0.3) is 0 Å². The normalized spacial score (nSPS) is 11.8. The van der Waals surface area contributed by atoms with E-state index in [0.717, 1.165) is 0 Å². The number of carboxylic acid groups (broad SMARTS) is 1. The van der Waals surface area contributed by atoms with E-state index in [1.165, 1.54) is 0 Å². The Hall–Kier alpha value is -1.97. The zero-order valence-electron chi connectivity index (χ0n) is 9.75. The smallest absolute Gasteiger partial charge is 0.481 e. The summed E-state index contributed by atoms with van der Waals surface area (Å²) in [5.74, 6) is -2.84. The number of aromatic nitrogens is 1. The SMILES string of the molecule is NCc1cc(C(F)F)c(OC(F)(F)F)c(CC(=O)O)n1. The molecule has 0 saturated heterocycles. The number of carboxylic acids is 1. The minimum Gasteiger partial charge on any atom is -0.481 e. The first kappa shape index (κ1) is 16.1. The van der Waals surface area contributed by atoms with Gasteiger partial charge in [-0.05, 0) is 6.07 Å². The molecule has 0 amide bonds. The van der Waals surface area contributed by atoms with E-state index < -0.39 is 42.2 Å². The zero-order valence-corrected chi connectivity index (χ0v) is 9.75. The van der Waals surface area contributed by atoms with Crippen molar-refractivity contribution in [1.29, 1.82) is 0 Å². The van der Waals surface area contributed by atoms with Crippen LogP contribution in [0.15, 0.2) is 6.07 Å². The number of alkyl halides is 5. The highest BCUT2D eigenvalue weighted by Gasteiger charge is 2.35. The maximum atomic E-state index is 12.8. The van der Waals surface area contributed by atoms with E-state index in [0.29, 0.717) is 6.07 Å². The lowest BCUT2D eigenvalue weighted by Crippen LogP contribution is -2.21. The summed E-state index contributed by atoms with van der Waals surface area (Å²) in [6.07, 6.45) is -9.55. The molecule has 0 aliphatic carbocycles. The number of carbonyl (C=O) groups is 1. The fraction of sp³-hybridized carbons (Fsp3) is 0.400. The third-order valence-electron chi connectivity index (χ3n) is 2.11. The lowest BCUT2D eigenvalue weighted by Gasteiger charge is -2.16. The predicted octanol–water partition coefficient (Wildman–Crippen LogP) is 2.00. The molecule has 0 aromatic carbocycles. The molecule has 0 fully saturated rings. The number of nitrogens with zero attached hydrogens (tertiary/aromatic N) is 1. The van der Waals surface area contributed by atoms with Gasteiger partial charge in [0.1, 0.15) is 0 Å². The maximum absolute atomic E-state index is 12.8. The molecule has 0 unspecified atom stereocenters. The van der Waals surface area contributed by atoms with E-state index in [9.17, 15) is 26.7 Å². The van der Waals surface area contributed by atoms with Crippen molar-refractivity contribution in [3.8, 4) is 5.75 Å². The van der Waals surface area contributed by atoms with E-state index in [2.05, 4.69) is 9.72 Å². The van der Waals surface area contributed by atoms with E-state index in [1.54, 1.807) is 0 Å². The highest BCUT2D eigenvalue weighted by molar-refractivity contribution is 5.71. The van der Waals surface area contributed by atoms with Crippen LogP contribution < -0.4 is 10.5 Å². The van der Waals surface area contributed by atoms with Crippen molar-refractivity contribution in [2.24, 2.45) is 5.73 Å². The summed E-state index contributed by atoms with van der Waals surface area (Å²) in [6, 6.07) is 0.650. The van der Waals surface area contributed by atoms with Gasteiger partial charge in [-0.3, -0.25) is 9.78 Å². The summed E-state index contributed by atoms with van der Waals surface area (Å²) in [5.41, 5.74) is 3.16. The molecule has 10 heteroatoms. The summed E-state index contributed by atoms with van der Waals surface area (Å²) in [5, 5.41) is 8.59. The molecule has 3 N–H and O–H groups in total. The van der Waals surface area contributed by atoms with Crippen LogP contribution in [-0.4, -0.2) is 22.4 Å². The predicted molar refractivity (Wildman–Crippen MR) is 55.1 cm³/mol. The zero-order chi connectivity index (χ0) is 15.5. The summed E-state index contributed by atoms with van der Waals surface area (Å²) < 4.78 is 65.7. The van der Waals surface area contributed by atoms with Crippen molar-refractivity contribution in [1.82, 2.24) is 4.98 Å². The van der Waals surface area contributed by atoms with Crippen LogP contribution in [0.2, 0.25) is 0 Å². The molecule has 20 heavy (non-hydrogen) atoms. The quantitative estimate of drug-likeness (QED) is 0.812. The first-order chi connectivity index (χ1) is 9.14. The summed E-state index contributed by atoms with van der Waals surface area (Å²) >= 11 is 0. The number of halogens is 5. The van der Waals surface area contributed by atoms with Gasteiger partial charge in [-0.25, -0.2) is 8.78 Å². The van der Waals surface area contributed by atoms with Crippen LogP contribution in [0.1, 0.15) is 23.4 Å². The second-order valence-electron chi connectivity index (χ2n) is 3.60. The van der Waals surface area contributed by atoms with Gasteiger partial charge >= 0.3 is 12.3 Å². The molecule has 1 aromatic rings. The van der Waals surface area contributed by atoms with Gasteiger partial charge in [-0.2, -0.15) is 0 Å². The number of aliphatic carboxylic acids is 1. The molecular formula is C10H9F5N2O3. The van der Waals surface area contributed by atoms with Gasteiger partial charge in [-0.1, -0.05) is 0 Å². The number of rotatable bonds is 5. The first-order valence-corrected chi connectivity index (χ1v) is 5.12. The molecule has 1 heterocycles. The van der Waals surface area contributed by atoms with E-state index >= 15 is 0 Å². The highest BCUT2D eigenvalue weighted by atomic mass is 19.4. The van der Waals surface area contributed by atoms with Crippen molar-refractivity contribution >= 4 is 5.97 Å². The Labute approximate surface area is 109 Å². The van der Waals surface area contributed by atoms with E-state index in [4.69, 9.17) is 10.8 Å². The van der Waals surface area contributed by atoms with Gasteiger partial charge in [0.05, 0.1) is 23.4 Å². The Morgan fingerprint density at radius 2 is 2.05 bits per heavy atom. The van der Waals surface area contributed by atoms with Crippen LogP contribution in [0.5, 0.6) is 5.75 Å². The largest absolute Gasteiger partial charge is 0.573 e. The average molecular weight is 300 g/mol. The summed E-state index contributed by atoms with van der Waals surface area (Å²) in [4.78, 5) is 14.1. The maximum Gasteiger partial charge on any atom is 0.573 e. The first-order valence-electron chi connectivity index (χ1n) is 5.12. The molecular weight excluding hydrogens is 291 g/mol. The molecule has 0 aliphatic heterocycles. The summed E-state index contributed by atoms with van der Waals surface area (Å²) in [6.45, 7) is -0.335. The Balaban J connectivity index is 3.42. The van der Waals surface area contributed by atoms with Crippen molar-refractivity contribution in [2.45, 2.75) is 25.8 Å². The topological polar surface area (TPSA) is 85.4 Å². The van der Waals surface area contributed by atoms with Crippen LogP contribution in [0.3, 0.4) is 0 Å². The number of hydrogen-bond acceptors (Lipinski definition) is 4. The number of pyridine rings is 1. The number of ether oxygens (including phenoxy) is 1. The standard InChI is InChI=1S/C10H9F5N2O3/c11-9(12)5-1-4(3-16)17-6(2-7(18)19)8(5)20-10(13,14)15/h1,9H,2-3,16H2,(H,18,19). The lowest BCUT2D eigenvalue weighted by molar-refractivity contribution is -0.275. The van der Waals surface area contributed by atoms with Crippen molar-refractivity contribution in [3.63, 3.8) is 0 Å². The minimum absolute atomic E-state index is 0.161. The molecule has 0 spiro atoms. The highest BCUT2D eigenvalue weighted by Crippen LogP contribution is 2.36. The fourth-order valence-electron chi connectivity index (χ4n) is 1.43. The third kappa shape index (κ3) is 4.30. The Bertz CT molecular complexity index is 504. The van der Waals surface area contributed by atoms with Crippen LogP contribution in [0.4, 0.5) is 22.0 Å². The fourth-order valence-corrected chi connectivity index (χ4v) is 1.43. The molecule has 112 valence electrons. The molecule has 5 nitrogen and oxygen atoms in total. The van der Waals surface area contributed by atoms with Crippen molar-refractivity contribution in [3.05, 3.63) is 23.0 Å². The van der Waals surface area contributed by atoms with Crippen LogP contribution >= 0.6 is 0 Å². The third-order valence-corrected chi connectivity index (χ3v) is 2.11. The lowest BCUT2D eigenvalue weighted by atomic mass is 10.1. The second-order valence-corrected chi connectivity index (χ2v) is 3.60. The van der Waals surface area contributed by atoms with Gasteiger partial charge in [0.25, 0.3) is 6.43 Å². The molecule has 0 atom stereocenters. The van der Waals surface area contributed by atoms with Gasteiger partial charge in [-0.15, -0.1) is 13.2 Å². The average Bonchev–Trinajstić information content (AvgIpc) is 2.28. The Morgan fingerprint density at radius 1 is 1.45 bits per heavy atom. The summed E-state index contributed by atoms with van der Waals surface area (Å²) in [7, 11) is 0. The Morgan fingerprint density at radius 3 is 2.45 bits per heavy atom. The van der Waals surface area contributed by atoms with Gasteiger partial charge < -0.3 is 15.6 Å². The van der Waals surface area contributed by atoms with E-state index in [-0.39, 0.29) is 12.2 Å². The van der Waals surface area contributed by atoms with Crippen molar-refractivity contribution < 1.29 is 36.6 Å². The Kier molecular flexibility index (Phi) is 4.82. The monoisotopic (exact) mass is 300 g/mol. The van der Waals surface area contributed by atoms with Crippen molar-refractivity contribution in [2.75, 3.05) is 0 Å². The second kappa shape index (κ2) is 5.99. The van der Waals surface area contributed by atoms with Gasteiger partial charge in [0.15, 0.2) is 5.75 Å². The molecule has 0 bridgehead atoms. The van der Waals surface area contributed by atoms with Crippen LogP contribution in [-0.2, 0) is 17.8 Å². The van der Waals surface area contributed by atoms with Crippen LogP contribution in [0, 0.1) is 0 Å². The van der Waals surface area contributed by atoms with Gasteiger partial charge in [0.2, 0.25) is 0 Å². The van der Waals surface area contributed by atoms with E-state index in [1.807, 2.05) is 0 Å². The number of nitrogens with two attached hydrogens (primary N) is 1. The molecule has 0 radical (unpaired) electrons.